The van der Waals surface area contributed by atoms with E-state index in [4.69, 9.17) is 9.15 Å². The van der Waals surface area contributed by atoms with Gasteiger partial charge in [0.05, 0.1) is 10.9 Å². The number of rotatable bonds is 5. The van der Waals surface area contributed by atoms with Crippen LogP contribution in [0, 0.1) is 13.8 Å². The summed E-state index contributed by atoms with van der Waals surface area (Å²) in [5.74, 6) is 0.628. The number of fused-ring (bicyclic) bond motifs is 1. The Balaban J connectivity index is 1.47. The smallest absolute Gasteiger partial charge is 0.347 e. The molecule has 1 aromatic heterocycles. The Labute approximate surface area is 179 Å². The van der Waals surface area contributed by atoms with Crippen molar-refractivity contribution in [2.45, 2.75) is 26.9 Å². The third-order valence-corrected chi connectivity index (χ3v) is 4.81. The van der Waals surface area contributed by atoms with Crippen LogP contribution in [0.15, 0.2) is 75.9 Å². The van der Waals surface area contributed by atoms with Gasteiger partial charge in [0.25, 0.3) is 5.91 Å². The molecule has 1 heterocycles. The summed E-state index contributed by atoms with van der Waals surface area (Å²) < 4.78 is 11.1. The Morgan fingerprint density at radius 2 is 1.68 bits per heavy atom. The first-order valence-corrected chi connectivity index (χ1v) is 9.95. The highest BCUT2D eigenvalue weighted by Gasteiger charge is 2.16. The van der Waals surface area contributed by atoms with Crippen molar-refractivity contribution in [2.75, 3.05) is 5.32 Å². The van der Waals surface area contributed by atoms with Crippen LogP contribution in [0.3, 0.4) is 0 Å². The number of nitrogens with one attached hydrogen (secondary N) is 1. The second kappa shape index (κ2) is 8.44. The van der Waals surface area contributed by atoms with E-state index in [1.165, 1.54) is 0 Å². The third kappa shape index (κ3) is 4.64. The number of hydrogen-bond acceptors (Lipinski definition) is 5. The first kappa shape index (κ1) is 20.3. The van der Waals surface area contributed by atoms with Gasteiger partial charge < -0.3 is 14.5 Å². The van der Waals surface area contributed by atoms with Crippen molar-refractivity contribution in [3.63, 3.8) is 0 Å². The Morgan fingerprint density at radius 3 is 2.39 bits per heavy atom. The van der Waals surface area contributed by atoms with Crippen LogP contribution in [0.2, 0.25) is 0 Å². The van der Waals surface area contributed by atoms with E-state index in [2.05, 4.69) is 10.3 Å². The van der Waals surface area contributed by atoms with Crippen molar-refractivity contribution < 1.29 is 13.9 Å². The molecule has 3 aromatic carbocycles. The minimum atomic E-state index is -0.666. The van der Waals surface area contributed by atoms with Gasteiger partial charge in [-0.3, -0.25) is 4.79 Å². The predicted molar refractivity (Wildman–Crippen MR) is 120 cm³/mol. The molecule has 0 radical (unpaired) electrons. The number of anilines is 1. The normalized spacial score (nSPS) is 11.8. The van der Waals surface area contributed by atoms with Crippen LogP contribution >= 0.6 is 0 Å². The summed E-state index contributed by atoms with van der Waals surface area (Å²) in [5.41, 5.74) is 3.53. The number of para-hydroxylation sites is 1. The molecule has 1 atom stereocenters. The van der Waals surface area contributed by atoms with E-state index in [-0.39, 0.29) is 11.8 Å². The van der Waals surface area contributed by atoms with E-state index in [1.807, 2.05) is 38.1 Å². The average molecular weight is 414 g/mol. The first-order chi connectivity index (χ1) is 14.9. The lowest BCUT2D eigenvalue weighted by atomic mass is 10.1. The number of amides is 1. The Kier molecular flexibility index (Phi) is 5.54. The molecule has 4 rings (SSSR count). The molecule has 6 nitrogen and oxygen atoms in total. The topological polar surface area (TPSA) is 81.4 Å². The fourth-order valence-electron chi connectivity index (χ4n) is 3.34. The molecular weight excluding hydrogens is 392 g/mol. The zero-order valence-corrected chi connectivity index (χ0v) is 17.5. The van der Waals surface area contributed by atoms with Gasteiger partial charge in [-0.15, -0.1) is 0 Å². The Bertz CT molecular complexity index is 1290. The summed E-state index contributed by atoms with van der Waals surface area (Å²) in [6.07, 6.45) is -0.666. The third-order valence-electron chi connectivity index (χ3n) is 4.81. The van der Waals surface area contributed by atoms with Crippen LogP contribution in [-0.4, -0.2) is 17.0 Å². The highest BCUT2D eigenvalue weighted by molar-refractivity contribution is 5.94. The van der Waals surface area contributed by atoms with Gasteiger partial charge >= 0.3 is 5.63 Å². The Hall–Kier alpha value is -3.93. The lowest BCUT2D eigenvalue weighted by Gasteiger charge is -2.16. The van der Waals surface area contributed by atoms with E-state index in [1.54, 1.807) is 49.4 Å². The molecule has 1 N–H and O–H groups in total. The monoisotopic (exact) mass is 414 g/mol. The van der Waals surface area contributed by atoms with E-state index in [9.17, 15) is 9.59 Å². The van der Waals surface area contributed by atoms with Gasteiger partial charge in [-0.1, -0.05) is 18.2 Å². The number of ether oxygens (including phenoxy) is 1. The van der Waals surface area contributed by atoms with Crippen LogP contribution < -0.4 is 15.7 Å². The maximum absolute atomic E-state index is 12.5. The Morgan fingerprint density at radius 1 is 1.00 bits per heavy atom. The SMILES string of the molecule is Cc1cc(C)cc(OC(C)C(=O)Nc2ccc(-c3nc4ccccc4c(=O)o3)cc2)c1. The minimum Gasteiger partial charge on any atom is -0.481 e. The van der Waals surface area contributed by atoms with Gasteiger partial charge in [0.1, 0.15) is 5.75 Å². The van der Waals surface area contributed by atoms with E-state index < -0.39 is 11.7 Å². The van der Waals surface area contributed by atoms with Gasteiger partial charge in [-0.2, -0.15) is 0 Å². The van der Waals surface area contributed by atoms with Crippen molar-refractivity contribution in [1.82, 2.24) is 4.98 Å². The fraction of sp³-hybridized carbons (Fsp3) is 0.160. The second-order valence-electron chi connectivity index (χ2n) is 7.47. The molecule has 4 aromatic rings. The highest BCUT2D eigenvalue weighted by Crippen LogP contribution is 2.22. The fourth-order valence-corrected chi connectivity index (χ4v) is 3.34. The molecule has 0 spiro atoms. The molecule has 0 bridgehead atoms. The van der Waals surface area contributed by atoms with Gasteiger partial charge in [0, 0.05) is 11.3 Å². The number of hydrogen-bond donors (Lipinski definition) is 1. The lowest BCUT2D eigenvalue weighted by Crippen LogP contribution is -2.30. The zero-order chi connectivity index (χ0) is 22.0. The van der Waals surface area contributed by atoms with Crippen molar-refractivity contribution >= 4 is 22.5 Å². The van der Waals surface area contributed by atoms with Crippen LogP contribution in [0.1, 0.15) is 18.1 Å². The maximum Gasteiger partial charge on any atom is 0.347 e. The molecule has 0 saturated heterocycles. The highest BCUT2D eigenvalue weighted by atomic mass is 16.5. The largest absolute Gasteiger partial charge is 0.481 e. The average Bonchev–Trinajstić information content (AvgIpc) is 2.73. The zero-order valence-electron chi connectivity index (χ0n) is 17.5. The summed E-state index contributed by atoms with van der Waals surface area (Å²) in [5, 5.41) is 3.27. The molecule has 31 heavy (non-hydrogen) atoms. The van der Waals surface area contributed by atoms with E-state index >= 15 is 0 Å². The van der Waals surface area contributed by atoms with Crippen LogP contribution in [-0.2, 0) is 4.79 Å². The molecule has 0 aliphatic carbocycles. The summed E-state index contributed by atoms with van der Waals surface area (Å²) in [7, 11) is 0. The van der Waals surface area contributed by atoms with Crippen LogP contribution in [0.5, 0.6) is 5.75 Å². The number of nitrogens with zero attached hydrogens (tertiary/aromatic N) is 1. The van der Waals surface area contributed by atoms with Gasteiger partial charge in [-0.25, -0.2) is 9.78 Å². The standard InChI is InChI=1S/C25H22N2O4/c1-15-12-16(2)14-20(13-15)30-17(3)23(28)26-19-10-8-18(9-11-19)24-27-22-7-5-4-6-21(22)25(29)31-24/h4-14,17H,1-3H3,(H,26,28). The number of carbonyl (C=O) groups is 1. The summed E-state index contributed by atoms with van der Waals surface area (Å²) in [4.78, 5) is 29.1. The number of aryl methyl sites for hydroxylation is 2. The molecule has 0 aliphatic heterocycles. The van der Waals surface area contributed by atoms with Crippen molar-refractivity contribution in [1.29, 1.82) is 0 Å². The molecule has 1 amide bonds. The molecule has 0 aliphatic rings. The molecule has 0 saturated carbocycles. The van der Waals surface area contributed by atoms with Gasteiger partial charge in [0.15, 0.2) is 6.10 Å². The lowest BCUT2D eigenvalue weighted by molar-refractivity contribution is -0.122. The van der Waals surface area contributed by atoms with E-state index in [0.29, 0.717) is 27.9 Å². The summed E-state index contributed by atoms with van der Waals surface area (Å²) in [6, 6.07) is 19.8. The molecule has 0 fully saturated rings. The van der Waals surface area contributed by atoms with Crippen molar-refractivity contribution in [3.05, 3.63) is 88.3 Å². The predicted octanol–water partition coefficient (Wildman–Crippen LogP) is 4.88. The quantitative estimate of drug-likeness (QED) is 0.503. The van der Waals surface area contributed by atoms with Crippen LogP contribution in [0.25, 0.3) is 22.4 Å². The van der Waals surface area contributed by atoms with Crippen molar-refractivity contribution in [3.8, 4) is 17.2 Å². The number of aromatic nitrogens is 1. The van der Waals surface area contributed by atoms with Crippen LogP contribution in [0.4, 0.5) is 5.69 Å². The van der Waals surface area contributed by atoms with Crippen molar-refractivity contribution in [2.24, 2.45) is 0 Å². The van der Waals surface area contributed by atoms with Gasteiger partial charge in [0.2, 0.25) is 5.89 Å². The molecule has 156 valence electrons. The summed E-state index contributed by atoms with van der Waals surface area (Å²) in [6.45, 7) is 5.67. The number of benzene rings is 3. The second-order valence-corrected chi connectivity index (χ2v) is 7.47. The number of carbonyl (C=O) groups excluding carboxylic acids is 1. The summed E-state index contributed by atoms with van der Waals surface area (Å²) >= 11 is 0. The molecule has 1 unspecified atom stereocenters. The molecular formula is C25H22N2O4. The first-order valence-electron chi connectivity index (χ1n) is 9.95. The van der Waals surface area contributed by atoms with E-state index in [0.717, 1.165) is 11.1 Å². The minimum absolute atomic E-state index is 0.230. The maximum atomic E-state index is 12.5. The molecule has 6 heteroatoms. The van der Waals surface area contributed by atoms with Gasteiger partial charge in [-0.05, 0) is 80.4 Å².